The summed E-state index contributed by atoms with van der Waals surface area (Å²) in [7, 11) is 1.56. The van der Waals surface area contributed by atoms with E-state index in [-0.39, 0.29) is 0 Å². The van der Waals surface area contributed by atoms with Gasteiger partial charge in [-0.2, -0.15) is 0 Å². The Hall–Kier alpha value is -1.38. The topological polar surface area (TPSA) is 21.3 Å². The molecule has 0 heterocycles. The Balaban J connectivity index is 2.13. The molecular weight excluding hydrogens is 293 g/mol. The number of benzene rings is 2. The molecule has 0 amide bonds. The van der Waals surface area contributed by atoms with Gasteiger partial charge in [0.05, 0.1) is 17.2 Å². The highest BCUT2D eigenvalue weighted by Gasteiger charge is 2.08. The third-order valence-corrected chi connectivity index (χ3v) is 3.83. The Morgan fingerprint density at radius 3 is 2.20 bits per heavy atom. The van der Waals surface area contributed by atoms with Crippen LogP contribution < -0.4 is 10.1 Å². The maximum atomic E-state index is 6.13. The van der Waals surface area contributed by atoms with Crippen LogP contribution in [0.25, 0.3) is 0 Å². The standard InChI is InChI=1S/C16H17Cl2NO/c1-10-4-5-13(6-11(10)2)19-9-12-7-14(17)16(20-3)15(18)8-12/h4-8,19H,9H2,1-3H3. The second-order valence-corrected chi connectivity index (χ2v) is 5.56. The maximum absolute atomic E-state index is 6.13. The van der Waals surface area contributed by atoms with Gasteiger partial charge in [0.25, 0.3) is 0 Å². The van der Waals surface area contributed by atoms with Crippen LogP contribution in [0, 0.1) is 13.8 Å². The van der Waals surface area contributed by atoms with Gasteiger partial charge in [-0.3, -0.25) is 0 Å². The van der Waals surface area contributed by atoms with Crippen LogP contribution in [0.4, 0.5) is 5.69 Å². The van der Waals surface area contributed by atoms with Crippen molar-refractivity contribution in [1.82, 2.24) is 0 Å². The highest BCUT2D eigenvalue weighted by Crippen LogP contribution is 2.34. The van der Waals surface area contributed by atoms with E-state index in [0.29, 0.717) is 22.3 Å². The maximum Gasteiger partial charge on any atom is 0.156 e. The second kappa shape index (κ2) is 6.38. The van der Waals surface area contributed by atoms with Crippen LogP contribution >= 0.6 is 23.2 Å². The molecule has 0 aliphatic carbocycles. The third kappa shape index (κ3) is 3.38. The van der Waals surface area contributed by atoms with E-state index in [1.165, 1.54) is 11.1 Å². The van der Waals surface area contributed by atoms with Gasteiger partial charge in [-0.05, 0) is 54.8 Å². The van der Waals surface area contributed by atoms with Crippen LogP contribution in [0.15, 0.2) is 30.3 Å². The van der Waals surface area contributed by atoms with Crippen molar-refractivity contribution in [1.29, 1.82) is 0 Å². The van der Waals surface area contributed by atoms with Gasteiger partial charge >= 0.3 is 0 Å². The van der Waals surface area contributed by atoms with E-state index in [2.05, 4.69) is 37.4 Å². The molecule has 2 nitrogen and oxygen atoms in total. The van der Waals surface area contributed by atoms with Gasteiger partial charge < -0.3 is 10.1 Å². The van der Waals surface area contributed by atoms with Crippen LogP contribution in [0.2, 0.25) is 10.0 Å². The van der Waals surface area contributed by atoms with E-state index >= 15 is 0 Å². The monoisotopic (exact) mass is 309 g/mol. The van der Waals surface area contributed by atoms with Gasteiger partial charge in [0.15, 0.2) is 5.75 Å². The summed E-state index contributed by atoms with van der Waals surface area (Å²) in [5.41, 5.74) is 4.64. The number of anilines is 1. The van der Waals surface area contributed by atoms with Crippen molar-refractivity contribution >= 4 is 28.9 Å². The molecule has 0 spiro atoms. The number of hydrogen-bond acceptors (Lipinski definition) is 2. The van der Waals surface area contributed by atoms with Crippen molar-refractivity contribution in [2.75, 3.05) is 12.4 Å². The SMILES string of the molecule is COc1c(Cl)cc(CNc2ccc(C)c(C)c2)cc1Cl. The molecular formula is C16H17Cl2NO. The number of hydrogen-bond donors (Lipinski definition) is 1. The van der Waals surface area contributed by atoms with E-state index in [1.54, 1.807) is 7.11 Å². The van der Waals surface area contributed by atoms with E-state index in [0.717, 1.165) is 11.3 Å². The Bertz CT molecular complexity index is 603. The number of rotatable bonds is 4. The fraction of sp³-hybridized carbons (Fsp3) is 0.250. The van der Waals surface area contributed by atoms with Crippen molar-refractivity contribution in [3.8, 4) is 5.75 Å². The molecule has 0 aliphatic heterocycles. The minimum absolute atomic E-state index is 0.517. The third-order valence-electron chi connectivity index (χ3n) is 3.27. The van der Waals surface area contributed by atoms with Crippen molar-refractivity contribution < 1.29 is 4.74 Å². The first-order chi connectivity index (χ1) is 9.51. The lowest BCUT2D eigenvalue weighted by Crippen LogP contribution is -2.00. The average molecular weight is 310 g/mol. The predicted octanol–water partition coefficient (Wildman–Crippen LogP) is 5.23. The number of ether oxygens (including phenoxy) is 1. The molecule has 0 bridgehead atoms. The van der Waals surface area contributed by atoms with Crippen LogP contribution in [-0.4, -0.2) is 7.11 Å². The van der Waals surface area contributed by atoms with Gasteiger partial charge in [-0.25, -0.2) is 0 Å². The molecule has 0 radical (unpaired) electrons. The number of methoxy groups -OCH3 is 1. The molecule has 2 aromatic carbocycles. The van der Waals surface area contributed by atoms with Crippen molar-refractivity contribution in [2.45, 2.75) is 20.4 Å². The zero-order chi connectivity index (χ0) is 14.7. The first kappa shape index (κ1) is 15.0. The molecule has 1 N–H and O–H groups in total. The molecule has 2 aromatic rings. The van der Waals surface area contributed by atoms with E-state index in [4.69, 9.17) is 27.9 Å². The highest BCUT2D eigenvalue weighted by atomic mass is 35.5. The molecule has 106 valence electrons. The Morgan fingerprint density at radius 2 is 1.65 bits per heavy atom. The Labute approximate surface area is 129 Å². The predicted molar refractivity (Wildman–Crippen MR) is 86.3 cm³/mol. The molecule has 4 heteroatoms. The Morgan fingerprint density at radius 1 is 1.00 bits per heavy atom. The molecule has 0 atom stereocenters. The fourth-order valence-corrected chi connectivity index (χ4v) is 2.65. The second-order valence-electron chi connectivity index (χ2n) is 4.75. The lowest BCUT2D eigenvalue weighted by molar-refractivity contribution is 0.415. The lowest BCUT2D eigenvalue weighted by Gasteiger charge is -2.11. The number of halogens is 2. The Kier molecular flexibility index (Phi) is 4.79. The van der Waals surface area contributed by atoms with Gasteiger partial charge in [0.2, 0.25) is 0 Å². The minimum atomic E-state index is 0.517. The molecule has 20 heavy (non-hydrogen) atoms. The summed E-state index contributed by atoms with van der Waals surface area (Å²) in [4.78, 5) is 0. The van der Waals surface area contributed by atoms with Crippen molar-refractivity contribution in [3.63, 3.8) is 0 Å². The van der Waals surface area contributed by atoms with Gasteiger partial charge in [-0.1, -0.05) is 29.3 Å². The summed E-state index contributed by atoms with van der Waals surface area (Å²) in [5, 5.41) is 4.41. The van der Waals surface area contributed by atoms with Crippen LogP contribution in [0.3, 0.4) is 0 Å². The molecule has 0 aliphatic rings. The first-order valence-electron chi connectivity index (χ1n) is 6.34. The van der Waals surface area contributed by atoms with Crippen molar-refractivity contribution in [2.24, 2.45) is 0 Å². The highest BCUT2D eigenvalue weighted by molar-refractivity contribution is 6.37. The minimum Gasteiger partial charge on any atom is -0.494 e. The quantitative estimate of drug-likeness (QED) is 0.835. The fourth-order valence-electron chi connectivity index (χ4n) is 1.96. The summed E-state index contributed by atoms with van der Waals surface area (Å²) in [6.07, 6.45) is 0. The summed E-state index contributed by atoms with van der Waals surface area (Å²) in [5.74, 6) is 0.517. The van der Waals surface area contributed by atoms with E-state index < -0.39 is 0 Å². The van der Waals surface area contributed by atoms with Crippen LogP contribution in [0.5, 0.6) is 5.75 Å². The van der Waals surface area contributed by atoms with Crippen LogP contribution in [0.1, 0.15) is 16.7 Å². The smallest absolute Gasteiger partial charge is 0.156 e. The van der Waals surface area contributed by atoms with Gasteiger partial charge in [0.1, 0.15) is 0 Å². The summed E-state index contributed by atoms with van der Waals surface area (Å²) in [6.45, 7) is 4.86. The number of aryl methyl sites for hydroxylation is 2. The number of nitrogens with one attached hydrogen (secondary N) is 1. The van der Waals surface area contributed by atoms with Crippen LogP contribution in [-0.2, 0) is 6.54 Å². The normalized spacial score (nSPS) is 10.4. The molecule has 2 rings (SSSR count). The summed E-state index contributed by atoms with van der Waals surface area (Å²) in [6, 6.07) is 10.0. The zero-order valence-electron chi connectivity index (χ0n) is 11.8. The summed E-state index contributed by atoms with van der Waals surface area (Å²) < 4.78 is 5.14. The molecule has 0 fully saturated rings. The average Bonchev–Trinajstić information content (AvgIpc) is 2.40. The molecule has 0 saturated carbocycles. The summed E-state index contributed by atoms with van der Waals surface area (Å²) >= 11 is 12.3. The molecule has 0 aromatic heterocycles. The van der Waals surface area contributed by atoms with Crippen molar-refractivity contribution in [3.05, 3.63) is 57.1 Å². The lowest BCUT2D eigenvalue weighted by atomic mass is 10.1. The van der Waals surface area contributed by atoms with Gasteiger partial charge in [0, 0.05) is 12.2 Å². The first-order valence-corrected chi connectivity index (χ1v) is 7.10. The van der Waals surface area contributed by atoms with Gasteiger partial charge in [-0.15, -0.1) is 0 Å². The van der Waals surface area contributed by atoms with E-state index in [1.807, 2.05) is 12.1 Å². The largest absolute Gasteiger partial charge is 0.494 e. The van der Waals surface area contributed by atoms with E-state index in [9.17, 15) is 0 Å². The zero-order valence-corrected chi connectivity index (χ0v) is 13.3. The molecule has 0 saturated heterocycles. The molecule has 0 unspecified atom stereocenters.